The molecule has 0 fully saturated rings. The summed E-state index contributed by atoms with van der Waals surface area (Å²) in [5.74, 6) is 0. The topological polar surface area (TPSA) is 104 Å². The van der Waals surface area contributed by atoms with Crippen LogP contribution in [0.25, 0.3) is 21.5 Å². The Morgan fingerprint density at radius 2 is 0.759 bits per heavy atom. The van der Waals surface area contributed by atoms with Crippen molar-refractivity contribution in [2.45, 2.75) is 39.3 Å². The lowest BCUT2D eigenvalue weighted by Gasteiger charge is -2.23. The minimum Gasteiger partial charge on any atom is -0.311 e. The molecule has 0 aliphatic carbocycles. The Labute approximate surface area is 345 Å². The molecule has 0 saturated heterocycles. The maximum absolute atomic E-state index is 4.98. The second-order valence-corrected chi connectivity index (χ2v) is 15.3. The minimum atomic E-state index is 0.758. The number of rotatable bonds is 10. The normalized spacial score (nSPS) is 16.3. The molecule has 2 aromatic heterocycles. The first-order valence-electron chi connectivity index (χ1n) is 21.3. The number of fused-ring (bicyclic) bond motifs is 6. The Hall–Kier alpha value is -4.62. The van der Waals surface area contributed by atoms with E-state index in [4.69, 9.17) is 9.97 Å². The molecule has 3 heterocycles. The highest BCUT2D eigenvalue weighted by Gasteiger charge is 2.09. The predicted molar refractivity (Wildman–Crippen MR) is 239 cm³/mol. The summed E-state index contributed by atoms with van der Waals surface area (Å²) >= 11 is 0. The van der Waals surface area contributed by atoms with Crippen molar-refractivity contribution in [3.05, 3.63) is 155 Å². The van der Waals surface area contributed by atoms with Crippen molar-refractivity contribution in [1.29, 1.82) is 0 Å². The lowest BCUT2D eigenvalue weighted by atomic mass is 10.0. The first kappa shape index (κ1) is 41.5. The van der Waals surface area contributed by atoms with E-state index in [1.807, 2.05) is 0 Å². The zero-order valence-corrected chi connectivity index (χ0v) is 34.1. The maximum Gasteiger partial charge on any atom is 0.0545 e. The first-order chi connectivity index (χ1) is 28.8. The zero-order chi connectivity index (χ0) is 39.5. The molecule has 4 aromatic carbocycles. The van der Waals surface area contributed by atoms with Gasteiger partial charge in [0.05, 0.1) is 22.8 Å². The van der Waals surface area contributed by atoms with Crippen LogP contribution in [0.3, 0.4) is 0 Å². The van der Waals surface area contributed by atoms with Crippen LogP contribution in [0.2, 0.25) is 0 Å². The third-order valence-corrected chi connectivity index (χ3v) is 11.0. The molecule has 0 unspecified atom stereocenters. The van der Waals surface area contributed by atoms with Crippen molar-refractivity contribution in [2.75, 3.05) is 78.5 Å². The lowest BCUT2D eigenvalue weighted by Crippen LogP contribution is -2.40. The monoisotopic (exact) mass is 779 g/mol. The number of aromatic nitrogens is 2. The zero-order valence-electron chi connectivity index (χ0n) is 34.1. The van der Waals surface area contributed by atoms with Gasteiger partial charge in [-0.05, 0) is 56.9 Å². The molecule has 304 valence electrons. The summed E-state index contributed by atoms with van der Waals surface area (Å²) in [5, 5.41) is 27.4. The largest absolute Gasteiger partial charge is 0.311 e. The summed E-state index contributed by atoms with van der Waals surface area (Å²) in [6.45, 7) is 16.0. The smallest absolute Gasteiger partial charge is 0.0545 e. The van der Waals surface area contributed by atoms with Crippen molar-refractivity contribution in [3.8, 4) is 0 Å². The SMILES string of the molecule is c1cc2nc(c1)CNCCN(CCNCc1cccc3ccccc13)CCNCc1cccc(n1)CNCCN(CCNCc1cccc3ccccc13)CCNC2. The number of hydrogen-bond acceptors (Lipinski definition) is 10. The van der Waals surface area contributed by atoms with Gasteiger partial charge in [-0.25, -0.2) is 0 Å². The molecule has 1 aliphatic rings. The molecule has 7 rings (SSSR count). The fourth-order valence-corrected chi connectivity index (χ4v) is 7.75. The third kappa shape index (κ3) is 13.2. The summed E-state index contributed by atoms with van der Waals surface area (Å²) < 4.78 is 0. The van der Waals surface area contributed by atoms with Gasteiger partial charge in [-0.3, -0.25) is 19.8 Å². The van der Waals surface area contributed by atoms with Gasteiger partial charge in [-0.2, -0.15) is 0 Å². The van der Waals surface area contributed by atoms with E-state index in [0.29, 0.717) is 0 Å². The summed E-state index contributed by atoms with van der Waals surface area (Å²) in [7, 11) is 0. The molecule has 0 spiro atoms. The minimum absolute atomic E-state index is 0.758. The van der Waals surface area contributed by atoms with Crippen LogP contribution in [0.5, 0.6) is 0 Å². The molecule has 0 radical (unpaired) electrons. The van der Waals surface area contributed by atoms with E-state index in [1.54, 1.807) is 0 Å². The Kier molecular flexibility index (Phi) is 16.5. The summed E-state index contributed by atoms with van der Waals surface area (Å²) in [6, 6.07) is 43.2. The van der Waals surface area contributed by atoms with Gasteiger partial charge < -0.3 is 31.9 Å². The highest BCUT2D eigenvalue weighted by atomic mass is 15.2. The van der Waals surface area contributed by atoms with Crippen molar-refractivity contribution in [3.63, 3.8) is 0 Å². The van der Waals surface area contributed by atoms with Gasteiger partial charge in [0, 0.05) is 118 Å². The summed E-state index contributed by atoms with van der Waals surface area (Å²) in [5.41, 5.74) is 7.02. The predicted octanol–water partition coefficient (Wildman–Crippen LogP) is 5.04. The van der Waals surface area contributed by atoms with Crippen LogP contribution in [0.4, 0.5) is 0 Å². The number of nitrogens with one attached hydrogen (secondary N) is 6. The van der Waals surface area contributed by atoms with Crippen molar-refractivity contribution in [2.24, 2.45) is 0 Å². The fourth-order valence-electron chi connectivity index (χ4n) is 7.75. The Morgan fingerprint density at radius 1 is 0.414 bits per heavy atom. The van der Waals surface area contributed by atoms with Gasteiger partial charge in [0.25, 0.3) is 0 Å². The van der Waals surface area contributed by atoms with Gasteiger partial charge in [-0.15, -0.1) is 0 Å². The van der Waals surface area contributed by atoms with E-state index in [9.17, 15) is 0 Å². The average molecular weight is 779 g/mol. The third-order valence-electron chi connectivity index (χ3n) is 11.0. The van der Waals surface area contributed by atoms with Crippen LogP contribution in [0.1, 0.15) is 33.9 Å². The molecule has 0 atom stereocenters. The molecule has 4 bridgehead atoms. The Bertz CT molecular complexity index is 1910. The van der Waals surface area contributed by atoms with Crippen LogP contribution in [0.15, 0.2) is 121 Å². The van der Waals surface area contributed by atoms with Gasteiger partial charge in [0.1, 0.15) is 0 Å². The van der Waals surface area contributed by atoms with E-state index in [1.165, 1.54) is 32.7 Å². The summed E-state index contributed by atoms with van der Waals surface area (Å²) in [6.07, 6.45) is 0. The quantitative estimate of drug-likeness (QED) is 0.106. The standard InChI is InChI=1S/C48H62N10/c1-3-19-47-39(9-1)11-5-13-41(47)33-49-21-27-57-29-23-51-35-43-15-7-17-45(55-43)37-53-25-31-58(28-22-50-34-42-14-6-12-40-10-2-4-20-48(40)42)32-26-54-38-46-18-8-16-44(56-46)36-52-24-30-57/h1-20,49-54H,21-38H2. The van der Waals surface area contributed by atoms with Crippen molar-refractivity contribution >= 4 is 21.5 Å². The van der Waals surface area contributed by atoms with E-state index in [2.05, 4.69) is 163 Å². The lowest BCUT2D eigenvalue weighted by molar-refractivity contribution is 0.270. The van der Waals surface area contributed by atoms with Gasteiger partial charge in [-0.1, -0.05) is 97.1 Å². The van der Waals surface area contributed by atoms with Gasteiger partial charge in [0.2, 0.25) is 0 Å². The average Bonchev–Trinajstić information content (AvgIpc) is 3.26. The van der Waals surface area contributed by atoms with Crippen LogP contribution < -0.4 is 31.9 Å². The van der Waals surface area contributed by atoms with E-state index in [-0.39, 0.29) is 0 Å². The molecule has 6 aromatic rings. The van der Waals surface area contributed by atoms with Crippen LogP contribution in [0, 0.1) is 0 Å². The second kappa shape index (κ2) is 23.1. The molecular formula is C48H62N10. The number of hydrogen-bond donors (Lipinski definition) is 6. The van der Waals surface area contributed by atoms with Crippen LogP contribution >= 0.6 is 0 Å². The number of benzene rings is 4. The van der Waals surface area contributed by atoms with E-state index >= 15 is 0 Å². The van der Waals surface area contributed by atoms with E-state index in [0.717, 1.165) is 141 Å². The molecule has 10 nitrogen and oxygen atoms in total. The number of pyridine rings is 2. The second-order valence-electron chi connectivity index (χ2n) is 15.3. The molecule has 0 amide bonds. The highest BCUT2D eigenvalue weighted by Crippen LogP contribution is 2.19. The van der Waals surface area contributed by atoms with Gasteiger partial charge >= 0.3 is 0 Å². The van der Waals surface area contributed by atoms with Crippen LogP contribution in [-0.2, 0) is 39.3 Å². The van der Waals surface area contributed by atoms with Crippen molar-refractivity contribution in [1.82, 2.24) is 51.7 Å². The molecule has 10 heteroatoms. The Morgan fingerprint density at radius 3 is 1.16 bits per heavy atom. The molecule has 0 saturated carbocycles. The highest BCUT2D eigenvalue weighted by molar-refractivity contribution is 5.86. The molecule has 6 N–H and O–H groups in total. The van der Waals surface area contributed by atoms with Gasteiger partial charge in [0.15, 0.2) is 0 Å². The maximum atomic E-state index is 4.98. The molecular weight excluding hydrogens is 717 g/mol. The fraction of sp³-hybridized carbons (Fsp3) is 0.375. The van der Waals surface area contributed by atoms with Crippen LogP contribution in [-0.4, -0.2) is 98.3 Å². The first-order valence-corrected chi connectivity index (χ1v) is 21.3. The molecule has 1 aliphatic heterocycles. The van der Waals surface area contributed by atoms with Crippen molar-refractivity contribution < 1.29 is 0 Å². The van der Waals surface area contributed by atoms with E-state index < -0.39 is 0 Å². The number of nitrogens with zero attached hydrogens (tertiary/aromatic N) is 4. The molecule has 58 heavy (non-hydrogen) atoms. The Balaban J connectivity index is 0.915. The summed E-state index contributed by atoms with van der Waals surface area (Å²) in [4.78, 5) is 15.0.